The summed E-state index contributed by atoms with van der Waals surface area (Å²) in [7, 11) is 2.26. The topological polar surface area (TPSA) is 24.5 Å². The second kappa shape index (κ2) is 6.88. The van der Waals surface area contributed by atoms with E-state index >= 15 is 0 Å². The fourth-order valence-corrected chi connectivity index (χ4v) is 3.65. The minimum Gasteiger partial charge on any atom is -0.377 e. The maximum Gasteiger partial charge on any atom is 0.0701 e. The van der Waals surface area contributed by atoms with E-state index in [1.807, 2.05) is 0 Å². The largest absolute Gasteiger partial charge is 0.377 e. The van der Waals surface area contributed by atoms with E-state index in [4.69, 9.17) is 4.74 Å². The maximum absolute atomic E-state index is 5.84. The molecule has 2 heterocycles. The van der Waals surface area contributed by atoms with E-state index in [1.165, 1.54) is 58.0 Å². The molecule has 0 saturated carbocycles. The molecule has 2 atom stereocenters. The number of likely N-dealkylation sites (N-methyl/N-ethyl adjacent to an activating group) is 1. The summed E-state index contributed by atoms with van der Waals surface area (Å²) in [5.74, 6) is 0. The first-order chi connectivity index (χ1) is 8.74. The van der Waals surface area contributed by atoms with Gasteiger partial charge < -0.3 is 15.0 Å². The highest BCUT2D eigenvalue weighted by molar-refractivity contribution is 4.95. The number of nitrogens with one attached hydrogen (secondary N) is 1. The fourth-order valence-electron chi connectivity index (χ4n) is 3.65. The normalized spacial score (nSPS) is 33.2. The summed E-state index contributed by atoms with van der Waals surface area (Å²) in [5.41, 5.74) is 0.387. The van der Waals surface area contributed by atoms with Gasteiger partial charge in [-0.1, -0.05) is 13.3 Å². The number of rotatable bonds is 6. The SMILES string of the molecule is CCCC1(CN(C)CC2CCCCO2)CCCN1. The van der Waals surface area contributed by atoms with E-state index in [2.05, 4.69) is 24.2 Å². The summed E-state index contributed by atoms with van der Waals surface area (Å²) in [6.45, 7) is 6.75. The van der Waals surface area contributed by atoms with Gasteiger partial charge in [-0.05, 0) is 52.1 Å². The zero-order chi connectivity index (χ0) is 12.8. The molecule has 0 aromatic heterocycles. The molecule has 18 heavy (non-hydrogen) atoms. The molecule has 0 aliphatic carbocycles. The molecule has 106 valence electrons. The van der Waals surface area contributed by atoms with Gasteiger partial charge >= 0.3 is 0 Å². The summed E-state index contributed by atoms with van der Waals surface area (Å²) in [5, 5.41) is 3.76. The molecule has 3 heteroatoms. The van der Waals surface area contributed by atoms with E-state index < -0.39 is 0 Å². The second-order valence-corrected chi connectivity index (χ2v) is 6.25. The smallest absolute Gasteiger partial charge is 0.0701 e. The highest BCUT2D eigenvalue weighted by Gasteiger charge is 2.33. The molecule has 3 nitrogen and oxygen atoms in total. The number of nitrogens with zero attached hydrogens (tertiary/aromatic N) is 1. The van der Waals surface area contributed by atoms with Crippen LogP contribution in [0.5, 0.6) is 0 Å². The van der Waals surface area contributed by atoms with Crippen molar-refractivity contribution >= 4 is 0 Å². The van der Waals surface area contributed by atoms with Crippen molar-refractivity contribution in [3.05, 3.63) is 0 Å². The van der Waals surface area contributed by atoms with E-state index in [0.717, 1.165) is 13.2 Å². The van der Waals surface area contributed by atoms with Crippen LogP contribution < -0.4 is 5.32 Å². The van der Waals surface area contributed by atoms with Crippen LogP contribution in [0.2, 0.25) is 0 Å². The molecule has 0 aromatic carbocycles. The third-order valence-electron chi connectivity index (χ3n) is 4.42. The van der Waals surface area contributed by atoms with Gasteiger partial charge in [-0.25, -0.2) is 0 Å². The third kappa shape index (κ3) is 3.94. The lowest BCUT2D eigenvalue weighted by Gasteiger charge is -2.36. The molecule has 0 amide bonds. The molecule has 2 aliphatic rings. The van der Waals surface area contributed by atoms with E-state index in [0.29, 0.717) is 11.6 Å². The maximum atomic E-state index is 5.84. The van der Waals surface area contributed by atoms with Crippen LogP contribution in [0, 0.1) is 0 Å². The van der Waals surface area contributed by atoms with E-state index in [-0.39, 0.29) is 0 Å². The van der Waals surface area contributed by atoms with Crippen molar-refractivity contribution in [2.24, 2.45) is 0 Å². The van der Waals surface area contributed by atoms with Crippen molar-refractivity contribution < 1.29 is 4.74 Å². The molecular formula is C15H30N2O. The van der Waals surface area contributed by atoms with Crippen LogP contribution in [-0.4, -0.2) is 49.8 Å². The second-order valence-electron chi connectivity index (χ2n) is 6.25. The van der Waals surface area contributed by atoms with Gasteiger partial charge in [0.15, 0.2) is 0 Å². The molecule has 2 rings (SSSR count). The average molecular weight is 254 g/mol. The Balaban J connectivity index is 1.78. The predicted molar refractivity (Wildman–Crippen MR) is 76.0 cm³/mol. The van der Waals surface area contributed by atoms with E-state index in [1.54, 1.807) is 0 Å². The Bertz CT molecular complexity index is 233. The minimum absolute atomic E-state index is 0.387. The lowest BCUT2D eigenvalue weighted by molar-refractivity contribution is -0.00521. The Morgan fingerprint density at radius 2 is 2.22 bits per heavy atom. The van der Waals surface area contributed by atoms with Crippen molar-refractivity contribution in [3.63, 3.8) is 0 Å². The highest BCUT2D eigenvalue weighted by Crippen LogP contribution is 2.26. The first kappa shape index (κ1) is 14.3. The Labute approximate surface area is 112 Å². The molecule has 0 aromatic rings. The molecule has 0 bridgehead atoms. The molecule has 2 unspecified atom stereocenters. The minimum atomic E-state index is 0.387. The predicted octanol–water partition coefficient (Wildman–Crippen LogP) is 2.41. The van der Waals surface area contributed by atoms with Gasteiger partial charge in [0, 0.05) is 25.2 Å². The lowest BCUT2D eigenvalue weighted by atomic mass is 9.91. The van der Waals surface area contributed by atoms with Crippen LogP contribution in [0.25, 0.3) is 0 Å². The molecular weight excluding hydrogens is 224 g/mol. The van der Waals surface area contributed by atoms with Crippen molar-refractivity contribution in [2.75, 3.05) is 33.3 Å². The Hall–Kier alpha value is -0.120. The summed E-state index contributed by atoms with van der Waals surface area (Å²) in [4.78, 5) is 2.49. The first-order valence-electron chi connectivity index (χ1n) is 7.79. The Morgan fingerprint density at radius 3 is 2.83 bits per heavy atom. The van der Waals surface area contributed by atoms with Crippen molar-refractivity contribution in [3.8, 4) is 0 Å². The summed E-state index contributed by atoms with van der Waals surface area (Å²) < 4.78 is 5.84. The highest BCUT2D eigenvalue weighted by atomic mass is 16.5. The monoisotopic (exact) mass is 254 g/mol. The fraction of sp³-hybridized carbons (Fsp3) is 1.00. The zero-order valence-corrected chi connectivity index (χ0v) is 12.2. The van der Waals surface area contributed by atoms with Gasteiger partial charge in [0.25, 0.3) is 0 Å². The van der Waals surface area contributed by atoms with Gasteiger partial charge in [0.2, 0.25) is 0 Å². The average Bonchev–Trinajstić information content (AvgIpc) is 2.79. The molecule has 0 radical (unpaired) electrons. The number of ether oxygens (including phenoxy) is 1. The summed E-state index contributed by atoms with van der Waals surface area (Å²) in [6.07, 6.45) is 9.59. The van der Waals surface area contributed by atoms with Gasteiger partial charge in [0.05, 0.1) is 6.10 Å². The summed E-state index contributed by atoms with van der Waals surface area (Å²) >= 11 is 0. The van der Waals surface area contributed by atoms with Gasteiger partial charge in [-0.15, -0.1) is 0 Å². The van der Waals surface area contributed by atoms with Crippen molar-refractivity contribution in [2.45, 2.75) is 63.5 Å². The standard InChI is InChI=1S/C15H30N2O/c1-3-8-15(9-6-10-16-15)13-17(2)12-14-7-4-5-11-18-14/h14,16H,3-13H2,1-2H3. The van der Waals surface area contributed by atoms with Crippen LogP contribution in [-0.2, 0) is 4.74 Å². The molecule has 1 N–H and O–H groups in total. The number of hydrogen-bond acceptors (Lipinski definition) is 3. The van der Waals surface area contributed by atoms with Crippen LogP contribution in [0.3, 0.4) is 0 Å². The summed E-state index contributed by atoms with van der Waals surface area (Å²) in [6, 6.07) is 0. The Kier molecular flexibility index (Phi) is 5.46. The molecule has 2 fully saturated rings. The molecule has 2 aliphatic heterocycles. The van der Waals surface area contributed by atoms with Gasteiger partial charge in [-0.2, -0.15) is 0 Å². The van der Waals surface area contributed by atoms with Crippen LogP contribution in [0.1, 0.15) is 51.9 Å². The van der Waals surface area contributed by atoms with E-state index in [9.17, 15) is 0 Å². The first-order valence-corrected chi connectivity index (χ1v) is 7.79. The van der Waals surface area contributed by atoms with Crippen molar-refractivity contribution in [1.82, 2.24) is 10.2 Å². The van der Waals surface area contributed by atoms with Crippen molar-refractivity contribution in [1.29, 1.82) is 0 Å². The van der Waals surface area contributed by atoms with Gasteiger partial charge in [-0.3, -0.25) is 0 Å². The lowest BCUT2D eigenvalue weighted by Crippen LogP contribution is -2.50. The zero-order valence-electron chi connectivity index (χ0n) is 12.2. The van der Waals surface area contributed by atoms with Crippen LogP contribution in [0.4, 0.5) is 0 Å². The van der Waals surface area contributed by atoms with Crippen LogP contribution in [0.15, 0.2) is 0 Å². The Morgan fingerprint density at radius 1 is 1.33 bits per heavy atom. The quantitative estimate of drug-likeness (QED) is 0.788. The third-order valence-corrected chi connectivity index (χ3v) is 4.42. The molecule has 0 spiro atoms. The van der Waals surface area contributed by atoms with Gasteiger partial charge in [0.1, 0.15) is 0 Å². The molecule has 2 saturated heterocycles. The number of hydrogen-bond donors (Lipinski definition) is 1. The van der Waals surface area contributed by atoms with Crippen LogP contribution >= 0.6 is 0 Å².